The molecule has 3 aliphatic rings. The number of carbonyl (C=O) groups excluding carboxylic acids is 2. The summed E-state index contributed by atoms with van der Waals surface area (Å²) in [4.78, 5) is 30.6. The Morgan fingerprint density at radius 3 is 2.39 bits per heavy atom. The van der Waals surface area contributed by atoms with Crippen molar-refractivity contribution >= 4 is 23.1 Å². The van der Waals surface area contributed by atoms with E-state index in [1.807, 2.05) is 83.9 Å². The first-order chi connectivity index (χ1) is 16.1. The molecule has 0 aromatic heterocycles. The number of amides is 1. The van der Waals surface area contributed by atoms with Gasteiger partial charge < -0.3 is 15.1 Å². The van der Waals surface area contributed by atoms with E-state index in [9.17, 15) is 9.59 Å². The number of allylic oxidation sites excluding steroid dienone is 3. The van der Waals surface area contributed by atoms with Crippen molar-refractivity contribution in [3.8, 4) is 0 Å². The zero-order valence-electron chi connectivity index (χ0n) is 18.5. The van der Waals surface area contributed by atoms with Crippen LogP contribution in [0.1, 0.15) is 24.3 Å². The quantitative estimate of drug-likeness (QED) is 0.540. The Bertz CT molecular complexity index is 1150. The van der Waals surface area contributed by atoms with E-state index in [2.05, 4.69) is 22.9 Å². The number of nitrogens with zero attached hydrogens (tertiary/aromatic N) is 2. The standard InChI is InChI=1S/C28H27N3O2/c1-20-14-17-30(18-15-20)23-12-10-22(11-13-23)29-28(33)27(32)26-25(21-7-3-2-4-8-21)19-24-9-5-6-16-31(24)26/h2-13,16,19,25-26H,1,14-15,17-18H2,(H,29,33). The van der Waals surface area contributed by atoms with Gasteiger partial charge in [0.25, 0.3) is 5.91 Å². The van der Waals surface area contributed by atoms with E-state index in [0.717, 1.165) is 42.9 Å². The largest absolute Gasteiger partial charge is 0.371 e. The van der Waals surface area contributed by atoms with E-state index in [4.69, 9.17) is 0 Å². The number of Topliss-reactive ketones (excluding diaryl/α,β-unsaturated/α-hetero) is 1. The Labute approximate surface area is 194 Å². The van der Waals surface area contributed by atoms with Gasteiger partial charge in [-0.2, -0.15) is 0 Å². The second kappa shape index (κ2) is 8.94. The lowest BCUT2D eigenvalue weighted by atomic mass is 9.90. The molecule has 1 saturated heterocycles. The molecular weight excluding hydrogens is 410 g/mol. The maximum Gasteiger partial charge on any atom is 0.294 e. The van der Waals surface area contributed by atoms with Crippen LogP contribution in [-0.2, 0) is 9.59 Å². The summed E-state index contributed by atoms with van der Waals surface area (Å²) < 4.78 is 0. The first-order valence-corrected chi connectivity index (χ1v) is 11.4. The van der Waals surface area contributed by atoms with Crippen molar-refractivity contribution in [2.24, 2.45) is 0 Å². The molecule has 1 N–H and O–H groups in total. The van der Waals surface area contributed by atoms with Crippen molar-refractivity contribution in [2.75, 3.05) is 23.3 Å². The monoisotopic (exact) mass is 437 g/mol. The SMILES string of the molecule is C=C1CCN(c2ccc(NC(=O)C(=O)C3C(c4ccccc4)C=C4C=CC=CN43)cc2)CC1. The second-order valence-corrected chi connectivity index (χ2v) is 8.68. The van der Waals surface area contributed by atoms with E-state index in [-0.39, 0.29) is 5.92 Å². The molecule has 33 heavy (non-hydrogen) atoms. The van der Waals surface area contributed by atoms with Gasteiger partial charge in [0, 0.05) is 42.3 Å². The van der Waals surface area contributed by atoms with Crippen LogP contribution in [0.15, 0.2) is 103 Å². The molecule has 2 aromatic rings. The normalized spacial score (nSPS) is 21.6. The Morgan fingerprint density at radius 1 is 0.939 bits per heavy atom. The van der Waals surface area contributed by atoms with Crippen LogP contribution in [-0.4, -0.2) is 35.7 Å². The first-order valence-electron chi connectivity index (χ1n) is 11.4. The van der Waals surface area contributed by atoms with E-state index in [1.54, 1.807) is 0 Å². The minimum absolute atomic E-state index is 0.192. The molecule has 3 aliphatic heterocycles. The molecule has 2 atom stereocenters. The predicted molar refractivity (Wildman–Crippen MR) is 132 cm³/mol. The molecule has 0 saturated carbocycles. The fraction of sp³-hybridized carbons (Fsp3) is 0.214. The zero-order valence-corrected chi connectivity index (χ0v) is 18.5. The third-order valence-corrected chi connectivity index (χ3v) is 6.55. The predicted octanol–water partition coefficient (Wildman–Crippen LogP) is 4.79. The lowest BCUT2D eigenvalue weighted by Gasteiger charge is -2.30. The third kappa shape index (κ3) is 4.27. The highest BCUT2D eigenvalue weighted by Gasteiger charge is 2.41. The number of hydrogen-bond donors (Lipinski definition) is 1. The van der Waals surface area contributed by atoms with Crippen molar-refractivity contribution in [1.29, 1.82) is 0 Å². The summed E-state index contributed by atoms with van der Waals surface area (Å²) in [7, 11) is 0. The zero-order chi connectivity index (χ0) is 22.8. The van der Waals surface area contributed by atoms with Gasteiger partial charge in [0.05, 0.1) is 0 Å². The van der Waals surface area contributed by atoms with Crippen molar-refractivity contribution in [3.63, 3.8) is 0 Å². The molecule has 1 amide bonds. The van der Waals surface area contributed by atoms with E-state index >= 15 is 0 Å². The number of rotatable bonds is 5. The Hall–Kier alpha value is -3.86. The van der Waals surface area contributed by atoms with Crippen LogP contribution in [0, 0.1) is 0 Å². The van der Waals surface area contributed by atoms with Crippen LogP contribution in [0.2, 0.25) is 0 Å². The molecular formula is C28H27N3O2. The summed E-state index contributed by atoms with van der Waals surface area (Å²) in [6.07, 6.45) is 11.7. The second-order valence-electron chi connectivity index (χ2n) is 8.68. The van der Waals surface area contributed by atoms with E-state index in [1.165, 1.54) is 5.57 Å². The lowest BCUT2D eigenvalue weighted by molar-refractivity contribution is -0.137. The number of hydrogen-bond acceptors (Lipinski definition) is 4. The van der Waals surface area contributed by atoms with Crippen LogP contribution < -0.4 is 10.2 Å². The molecule has 2 unspecified atom stereocenters. The number of piperidine rings is 1. The van der Waals surface area contributed by atoms with Gasteiger partial charge in [0.1, 0.15) is 6.04 Å². The van der Waals surface area contributed by atoms with Gasteiger partial charge in [-0.05, 0) is 54.8 Å². The molecule has 5 rings (SSSR count). The van der Waals surface area contributed by atoms with Crippen LogP contribution in [0.4, 0.5) is 11.4 Å². The third-order valence-electron chi connectivity index (χ3n) is 6.55. The molecule has 0 radical (unpaired) electrons. The van der Waals surface area contributed by atoms with Crippen LogP contribution in [0.5, 0.6) is 0 Å². The van der Waals surface area contributed by atoms with E-state index in [0.29, 0.717) is 5.69 Å². The molecule has 2 aromatic carbocycles. The van der Waals surface area contributed by atoms with Gasteiger partial charge in [0.2, 0.25) is 5.78 Å². The average molecular weight is 438 g/mol. The fourth-order valence-electron chi connectivity index (χ4n) is 4.72. The average Bonchev–Trinajstić information content (AvgIpc) is 3.25. The summed E-state index contributed by atoms with van der Waals surface area (Å²) >= 11 is 0. The highest BCUT2D eigenvalue weighted by Crippen LogP contribution is 2.37. The molecule has 1 fully saturated rings. The maximum absolute atomic E-state index is 13.4. The molecule has 5 heteroatoms. The molecule has 3 heterocycles. The van der Waals surface area contributed by atoms with Gasteiger partial charge >= 0.3 is 0 Å². The summed E-state index contributed by atoms with van der Waals surface area (Å²) in [5.74, 6) is -1.24. The van der Waals surface area contributed by atoms with Crippen molar-refractivity contribution in [2.45, 2.75) is 24.8 Å². The smallest absolute Gasteiger partial charge is 0.294 e. The van der Waals surface area contributed by atoms with Crippen LogP contribution >= 0.6 is 0 Å². The van der Waals surface area contributed by atoms with Crippen molar-refractivity contribution in [1.82, 2.24) is 4.90 Å². The molecule has 0 bridgehead atoms. The minimum Gasteiger partial charge on any atom is -0.371 e. The number of anilines is 2. The summed E-state index contributed by atoms with van der Waals surface area (Å²) in [5.41, 5.74) is 4.99. The summed E-state index contributed by atoms with van der Waals surface area (Å²) in [6.45, 7) is 5.98. The summed E-state index contributed by atoms with van der Waals surface area (Å²) in [5, 5.41) is 2.81. The molecule has 5 nitrogen and oxygen atoms in total. The van der Waals surface area contributed by atoms with Gasteiger partial charge in [-0.3, -0.25) is 9.59 Å². The molecule has 166 valence electrons. The summed E-state index contributed by atoms with van der Waals surface area (Å²) in [6, 6.07) is 17.0. The van der Waals surface area contributed by atoms with Gasteiger partial charge in [0.15, 0.2) is 0 Å². The lowest BCUT2D eigenvalue weighted by Crippen LogP contribution is -2.43. The molecule has 0 aliphatic carbocycles. The number of fused-ring (bicyclic) bond motifs is 1. The van der Waals surface area contributed by atoms with Gasteiger partial charge in [-0.15, -0.1) is 0 Å². The minimum atomic E-state index is -0.607. The van der Waals surface area contributed by atoms with Gasteiger partial charge in [-0.25, -0.2) is 0 Å². The fourth-order valence-corrected chi connectivity index (χ4v) is 4.72. The maximum atomic E-state index is 13.4. The van der Waals surface area contributed by atoms with Crippen molar-refractivity contribution < 1.29 is 9.59 Å². The van der Waals surface area contributed by atoms with Crippen LogP contribution in [0.25, 0.3) is 0 Å². The number of carbonyl (C=O) groups is 2. The van der Waals surface area contributed by atoms with Crippen molar-refractivity contribution in [3.05, 3.63) is 109 Å². The number of ketones is 1. The Balaban J connectivity index is 1.31. The number of nitrogens with one attached hydrogen (secondary N) is 1. The highest BCUT2D eigenvalue weighted by atomic mass is 16.2. The molecule has 0 spiro atoms. The van der Waals surface area contributed by atoms with Gasteiger partial charge in [-0.1, -0.05) is 54.6 Å². The van der Waals surface area contributed by atoms with Crippen LogP contribution in [0.3, 0.4) is 0 Å². The first kappa shape index (κ1) is 21.0. The number of benzene rings is 2. The van der Waals surface area contributed by atoms with E-state index < -0.39 is 17.7 Å². The topological polar surface area (TPSA) is 52.7 Å². The Kier molecular flexibility index (Phi) is 5.69. The highest BCUT2D eigenvalue weighted by molar-refractivity contribution is 6.42. The Morgan fingerprint density at radius 2 is 1.67 bits per heavy atom.